The lowest BCUT2D eigenvalue weighted by atomic mass is 9.82. The van der Waals surface area contributed by atoms with Crippen LogP contribution in [0.1, 0.15) is 37.0 Å². The van der Waals surface area contributed by atoms with Gasteiger partial charge in [0, 0.05) is 11.4 Å². The zero-order chi connectivity index (χ0) is 12.8. The van der Waals surface area contributed by atoms with Crippen molar-refractivity contribution in [3.8, 4) is 0 Å². The summed E-state index contributed by atoms with van der Waals surface area (Å²) in [4.78, 5) is 0. The normalized spacial score (nSPS) is 28.7. The molecule has 0 radical (unpaired) electrons. The van der Waals surface area contributed by atoms with E-state index in [1.807, 2.05) is 31.2 Å². The minimum atomic E-state index is -1.33. The molecular formula is C15H18FNO. The number of hydrogen-bond donors (Lipinski definition) is 1. The van der Waals surface area contributed by atoms with Crippen LogP contribution in [0, 0.1) is 6.92 Å². The Kier molecular flexibility index (Phi) is 2.67. The van der Waals surface area contributed by atoms with Gasteiger partial charge in [0.15, 0.2) is 5.67 Å². The van der Waals surface area contributed by atoms with Gasteiger partial charge in [0.25, 0.3) is 0 Å². The Hall–Kier alpha value is -1.35. The minimum absolute atomic E-state index is 0.139. The fourth-order valence-corrected chi connectivity index (χ4v) is 2.77. The Balaban J connectivity index is 2.01. The minimum Gasteiger partial charge on any atom is -0.457 e. The number of rotatable bonds is 1. The molecular weight excluding hydrogens is 229 g/mol. The van der Waals surface area contributed by atoms with Crippen LogP contribution in [0.2, 0.25) is 0 Å². The summed E-state index contributed by atoms with van der Waals surface area (Å²) in [6, 6.07) is 7.91. The number of benzene rings is 1. The molecule has 0 spiro atoms. The van der Waals surface area contributed by atoms with Gasteiger partial charge < -0.3 is 10.2 Å². The van der Waals surface area contributed by atoms with E-state index in [2.05, 4.69) is 0 Å². The molecule has 2 N–H and O–H groups in total. The third-order valence-corrected chi connectivity index (χ3v) is 4.01. The molecule has 1 aliphatic rings. The maximum Gasteiger partial charge on any atom is 0.168 e. The summed E-state index contributed by atoms with van der Waals surface area (Å²) >= 11 is 0. The molecule has 2 aromatic rings. The molecule has 96 valence electrons. The topological polar surface area (TPSA) is 39.2 Å². The van der Waals surface area contributed by atoms with E-state index in [0.717, 1.165) is 29.4 Å². The molecule has 1 aromatic heterocycles. The van der Waals surface area contributed by atoms with Crippen molar-refractivity contribution in [3.05, 3.63) is 35.6 Å². The van der Waals surface area contributed by atoms with Gasteiger partial charge in [0.1, 0.15) is 11.3 Å². The molecule has 0 amide bonds. The second kappa shape index (κ2) is 4.09. The first-order chi connectivity index (χ1) is 8.58. The van der Waals surface area contributed by atoms with Crippen LogP contribution in [0.5, 0.6) is 0 Å². The van der Waals surface area contributed by atoms with Crippen LogP contribution in [0.3, 0.4) is 0 Å². The molecule has 0 atom stereocenters. The highest BCUT2D eigenvalue weighted by molar-refractivity contribution is 5.81. The van der Waals surface area contributed by atoms with Gasteiger partial charge in [-0.1, -0.05) is 18.2 Å². The van der Waals surface area contributed by atoms with Crippen LogP contribution in [-0.2, 0) is 5.67 Å². The van der Waals surface area contributed by atoms with Crippen molar-refractivity contribution < 1.29 is 8.81 Å². The zero-order valence-corrected chi connectivity index (χ0v) is 10.6. The maximum atomic E-state index is 14.9. The number of furan rings is 1. The molecule has 1 aliphatic carbocycles. The number of para-hydroxylation sites is 1. The summed E-state index contributed by atoms with van der Waals surface area (Å²) in [5.74, 6) is 0.471. The number of fused-ring (bicyclic) bond motifs is 1. The molecule has 1 heterocycles. The van der Waals surface area contributed by atoms with E-state index >= 15 is 0 Å². The van der Waals surface area contributed by atoms with Crippen molar-refractivity contribution >= 4 is 11.0 Å². The van der Waals surface area contributed by atoms with E-state index in [1.165, 1.54) is 0 Å². The highest BCUT2D eigenvalue weighted by Gasteiger charge is 2.39. The lowest BCUT2D eigenvalue weighted by molar-refractivity contribution is 0.0738. The average molecular weight is 247 g/mol. The van der Waals surface area contributed by atoms with Crippen molar-refractivity contribution in [3.63, 3.8) is 0 Å². The number of alkyl halides is 1. The van der Waals surface area contributed by atoms with Gasteiger partial charge in [-0.3, -0.25) is 0 Å². The molecule has 3 heteroatoms. The Morgan fingerprint density at radius 2 is 2.06 bits per heavy atom. The van der Waals surface area contributed by atoms with E-state index in [1.54, 1.807) is 0 Å². The lowest BCUT2D eigenvalue weighted by Crippen LogP contribution is -2.33. The van der Waals surface area contributed by atoms with Crippen molar-refractivity contribution in [2.24, 2.45) is 5.73 Å². The highest BCUT2D eigenvalue weighted by Crippen LogP contribution is 2.42. The predicted octanol–water partition coefficient (Wildman–Crippen LogP) is 3.81. The first kappa shape index (κ1) is 11.7. The number of nitrogens with two attached hydrogens (primary N) is 1. The molecule has 18 heavy (non-hydrogen) atoms. The van der Waals surface area contributed by atoms with E-state index in [4.69, 9.17) is 10.2 Å². The van der Waals surface area contributed by atoms with E-state index < -0.39 is 5.67 Å². The van der Waals surface area contributed by atoms with Gasteiger partial charge in [0.2, 0.25) is 0 Å². The van der Waals surface area contributed by atoms with Crippen molar-refractivity contribution in [2.45, 2.75) is 44.3 Å². The molecule has 1 saturated carbocycles. The van der Waals surface area contributed by atoms with Crippen LogP contribution in [0.15, 0.2) is 28.7 Å². The van der Waals surface area contributed by atoms with E-state index in [0.29, 0.717) is 18.6 Å². The molecule has 0 saturated heterocycles. The Labute approximate surface area is 106 Å². The summed E-state index contributed by atoms with van der Waals surface area (Å²) in [6.07, 6.45) is 2.39. The zero-order valence-electron chi connectivity index (χ0n) is 10.6. The van der Waals surface area contributed by atoms with E-state index in [-0.39, 0.29) is 6.04 Å². The van der Waals surface area contributed by atoms with Gasteiger partial charge in [-0.05, 0) is 44.2 Å². The molecule has 1 aromatic carbocycles. The molecule has 2 nitrogen and oxygen atoms in total. The molecule has 1 fully saturated rings. The largest absolute Gasteiger partial charge is 0.457 e. The SMILES string of the molecule is Cc1cccc2cc(C3(F)CCC(N)CC3)oc12. The Morgan fingerprint density at radius 3 is 2.72 bits per heavy atom. The Morgan fingerprint density at radius 1 is 1.33 bits per heavy atom. The quantitative estimate of drug-likeness (QED) is 0.832. The van der Waals surface area contributed by atoms with Crippen LogP contribution in [-0.4, -0.2) is 6.04 Å². The third-order valence-electron chi connectivity index (χ3n) is 4.01. The molecule has 0 aliphatic heterocycles. The summed E-state index contributed by atoms with van der Waals surface area (Å²) in [6.45, 7) is 1.98. The first-order valence-corrected chi connectivity index (χ1v) is 6.53. The predicted molar refractivity (Wildman–Crippen MR) is 70.2 cm³/mol. The van der Waals surface area contributed by atoms with Gasteiger partial charge in [0.05, 0.1) is 0 Å². The van der Waals surface area contributed by atoms with Gasteiger partial charge in [-0.15, -0.1) is 0 Å². The smallest absolute Gasteiger partial charge is 0.168 e. The van der Waals surface area contributed by atoms with Crippen LogP contribution >= 0.6 is 0 Å². The highest BCUT2D eigenvalue weighted by atomic mass is 19.1. The Bertz CT molecular complexity index is 567. The van der Waals surface area contributed by atoms with Gasteiger partial charge in [-0.25, -0.2) is 4.39 Å². The average Bonchev–Trinajstić information content (AvgIpc) is 2.79. The molecule has 0 bridgehead atoms. The van der Waals surface area contributed by atoms with Gasteiger partial charge >= 0.3 is 0 Å². The molecule has 3 rings (SSSR count). The number of aryl methyl sites for hydroxylation is 1. The van der Waals surface area contributed by atoms with Crippen molar-refractivity contribution in [2.75, 3.05) is 0 Å². The van der Waals surface area contributed by atoms with Gasteiger partial charge in [-0.2, -0.15) is 0 Å². The lowest BCUT2D eigenvalue weighted by Gasteiger charge is -2.30. The fourth-order valence-electron chi connectivity index (χ4n) is 2.77. The van der Waals surface area contributed by atoms with Crippen molar-refractivity contribution in [1.29, 1.82) is 0 Å². The third kappa shape index (κ3) is 1.83. The summed E-state index contributed by atoms with van der Waals surface area (Å²) in [5.41, 5.74) is 6.36. The molecule has 0 unspecified atom stereocenters. The summed E-state index contributed by atoms with van der Waals surface area (Å²) < 4.78 is 20.7. The van der Waals surface area contributed by atoms with Crippen LogP contribution in [0.4, 0.5) is 4.39 Å². The number of halogens is 1. The van der Waals surface area contributed by atoms with Crippen LogP contribution < -0.4 is 5.73 Å². The maximum absolute atomic E-state index is 14.9. The second-order valence-electron chi connectivity index (χ2n) is 5.41. The fraction of sp³-hybridized carbons (Fsp3) is 0.467. The van der Waals surface area contributed by atoms with Crippen LogP contribution in [0.25, 0.3) is 11.0 Å². The standard InChI is InChI=1S/C15H18FNO/c1-10-3-2-4-11-9-13(18-14(10)11)15(16)7-5-12(17)6-8-15/h2-4,9,12H,5-8,17H2,1H3. The second-order valence-corrected chi connectivity index (χ2v) is 5.41. The van der Waals surface area contributed by atoms with Crippen molar-refractivity contribution in [1.82, 2.24) is 0 Å². The number of hydrogen-bond acceptors (Lipinski definition) is 2. The van der Waals surface area contributed by atoms with E-state index in [9.17, 15) is 4.39 Å². The monoisotopic (exact) mass is 247 g/mol. The summed E-state index contributed by atoms with van der Waals surface area (Å²) in [7, 11) is 0. The first-order valence-electron chi connectivity index (χ1n) is 6.53. The summed E-state index contributed by atoms with van der Waals surface area (Å²) in [5, 5.41) is 0.983.